The molecule has 96 valence electrons. The van der Waals surface area contributed by atoms with Crippen molar-refractivity contribution in [2.45, 2.75) is 52.7 Å². The number of piperazine rings is 1. The van der Waals surface area contributed by atoms with Crippen LogP contribution in [0.1, 0.15) is 34.6 Å². The summed E-state index contributed by atoms with van der Waals surface area (Å²) in [6.45, 7) is 14.5. The van der Waals surface area contributed by atoms with Crippen molar-refractivity contribution in [1.82, 2.24) is 10.2 Å². The van der Waals surface area contributed by atoms with Crippen LogP contribution < -0.4 is 5.32 Å². The van der Waals surface area contributed by atoms with Crippen LogP contribution in [0.15, 0.2) is 0 Å². The Morgan fingerprint density at radius 2 is 2.06 bits per heavy atom. The molecule has 0 amide bonds. The van der Waals surface area contributed by atoms with Crippen molar-refractivity contribution in [2.75, 3.05) is 26.8 Å². The molecule has 16 heavy (non-hydrogen) atoms. The first kappa shape index (κ1) is 13.9. The molecule has 0 spiro atoms. The molecule has 0 aromatic heterocycles. The van der Waals surface area contributed by atoms with E-state index < -0.39 is 0 Å². The Hall–Kier alpha value is -0.120. The molecule has 1 heterocycles. The van der Waals surface area contributed by atoms with Crippen LogP contribution in [0, 0.1) is 5.41 Å². The predicted octanol–water partition coefficient (Wildman–Crippen LogP) is 1.73. The number of nitrogens with one attached hydrogen (secondary N) is 1. The van der Waals surface area contributed by atoms with Crippen molar-refractivity contribution in [2.24, 2.45) is 5.41 Å². The van der Waals surface area contributed by atoms with Crippen molar-refractivity contribution in [3.8, 4) is 0 Å². The van der Waals surface area contributed by atoms with Crippen LogP contribution in [-0.4, -0.2) is 49.8 Å². The number of rotatable bonds is 3. The SMILES string of the molecule is COCC(C)N1CC(C)NCC1C(C)(C)C. The summed E-state index contributed by atoms with van der Waals surface area (Å²) in [5.41, 5.74) is 0.315. The van der Waals surface area contributed by atoms with E-state index in [9.17, 15) is 0 Å². The highest BCUT2D eigenvalue weighted by Gasteiger charge is 2.36. The second-order valence-corrected chi connectivity index (χ2v) is 6.19. The smallest absolute Gasteiger partial charge is 0.0615 e. The van der Waals surface area contributed by atoms with E-state index in [2.05, 4.69) is 44.8 Å². The Labute approximate surface area is 101 Å². The van der Waals surface area contributed by atoms with Crippen molar-refractivity contribution >= 4 is 0 Å². The fraction of sp³-hybridized carbons (Fsp3) is 1.00. The molecule has 0 saturated carbocycles. The van der Waals surface area contributed by atoms with Crippen LogP contribution in [0.3, 0.4) is 0 Å². The summed E-state index contributed by atoms with van der Waals surface area (Å²) in [6, 6.07) is 1.67. The third kappa shape index (κ3) is 3.44. The number of ether oxygens (including phenoxy) is 1. The fourth-order valence-electron chi connectivity index (χ4n) is 2.57. The van der Waals surface area contributed by atoms with Crippen LogP contribution in [-0.2, 0) is 4.74 Å². The van der Waals surface area contributed by atoms with E-state index in [0.717, 1.165) is 19.7 Å². The summed E-state index contributed by atoms with van der Waals surface area (Å²) in [7, 11) is 1.79. The van der Waals surface area contributed by atoms with Gasteiger partial charge in [0.1, 0.15) is 0 Å². The van der Waals surface area contributed by atoms with Gasteiger partial charge in [-0.05, 0) is 19.3 Å². The monoisotopic (exact) mass is 228 g/mol. The molecule has 1 aliphatic rings. The van der Waals surface area contributed by atoms with E-state index in [-0.39, 0.29) is 0 Å². The summed E-state index contributed by atoms with van der Waals surface area (Å²) in [6.07, 6.45) is 0. The minimum atomic E-state index is 0.315. The summed E-state index contributed by atoms with van der Waals surface area (Å²) in [5, 5.41) is 3.58. The van der Waals surface area contributed by atoms with Crippen molar-refractivity contribution < 1.29 is 4.74 Å². The lowest BCUT2D eigenvalue weighted by Gasteiger charge is -2.48. The van der Waals surface area contributed by atoms with Gasteiger partial charge in [0.05, 0.1) is 6.61 Å². The quantitative estimate of drug-likeness (QED) is 0.796. The second kappa shape index (κ2) is 5.48. The molecule has 0 aliphatic carbocycles. The Balaban J connectivity index is 2.72. The molecule has 3 heteroatoms. The third-order valence-corrected chi connectivity index (χ3v) is 3.52. The summed E-state index contributed by atoms with van der Waals surface area (Å²) >= 11 is 0. The molecule has 1 fully saturated rings. The zero-order chi connectivity index (χ0) is 12.3. The number of hydrogen-bond donors (Lipinski definition) is 1. The summed E-state index contributed by atoms with van der Waals surface area (Å²) < 4.78 is 5.29. The van der Waals surface area contributed by atoms with Crippen molar-refractivity contribution in [3.63, 3.8) is 0 Å². The topological polar surface area (TPSA) is 24.5 Å². The molecule has 0 bridgehead atoms. The Kier molecular flexibility index (Phi) is 4.77. The van der Waals surface area contributed by atoms with Crippen LogP contribution in [0.5, 0.6) is 0 Å². The van der Waals surface area contributed by atoms with Gasteiger partial charge >= 0.3 is 0 Å². The average molecular weight is 228 g/mol. The van der Waals surface area contributed by atoms with Crippen LogP contribution in [0.2, 0.25) is 0 Å². The molecule has 0 aromatic rings. The van der Waals surface area contributed by atoms with E-state index in [1.807, 2.05) is 0 Å². The van der Waals surface area contributed by atoms with Gasteiger partial charge in [-0.25, -0.2) is 0 Å². The third-order valence-electron chi connectivity index (χ3n) is 3.52. The van der Waals surface area contributed by atoms with Gasteiger partial charge in [0, 0.05) is 38.3 Å². The van der Waals surface area contributed by atoms with Gasteiger partial charge in [0.2, 0.25) is 0 Å². The van der Waals surface area contributed by atoms with Gasteiger partial charge in [-0.15, -0.1) is 0 Å². The Bertz CT molecular complexity index is 212. The molecule has 3 nitrogen and oxygen atoms in total. The van der Waals surface area contributed by atoms with Crippen molar-refractivity contribution in [1.29, 1.82) is 0 Å². The Morgan fingerprint density at radius 1 is 1.44 bits per heavy atom. The highest BCUT2D eigenvalue weighted by Crippen LogP contribution is 2.27. The zero-order valence-corrected chi connectivity index (χ0v) is 11.7. The molecule has 3 atom stereocenters. The first-order valence-corrected chi connectivity index (χ1v) is 6.34. The lowest BCUT2D eigenvalue weighted by atomic mass is 9.83. The van der Waals surface area contributed by atoms with E-state index in [1.165, 1.54) is 0 Å². The van der Waals surface area contributed by atoms with E-state index >= 15 is 0 Å². The van der Waals surface area contributed by atoms with Gasteiger partial charge in [-0.1, -0.05) is 20.8 Å². The molecule has 3 unspecified atom stereocenters. The lowest BCUT2D eigenvalue weighted by molar-refractivity contribution is 0.000895. The second-order valence-electron chi connectivity index (χ2n) is 6.19. The normalized spacial score (nSPS) is 30.4. The molecule has 1 rings (SSSR count). The number of methoxy groups -OCH3 is 1. The first-order chi connectivity index (χ1) is 7.36. The number of hydrogen-bond acceptors (Lipinski definition) is 3. The number of nitrogens with zero attached hydrogens (tertiary/aromatic N) is 1. The summed E-state index contributed by atoms with van der Waals surface area (Å²) in [4.78, 5) is 2.60. The maximum absolute atomic E-state index is 5.29. The molecule has 0 radical (unpaired) electrons. The highest BCUT2D eigenvalue weighted by atomic mass is 16.5. The van der Waals surface area contributed by atoms with Gasteiger partial charge in [-0.3, -0.25) is 4.90 Å². The Morgan fingerprint density at radius 3 is 2.56 bits per heavy atom. The van der Waals surface area contributed by atoms with E-state index in [0.29, 0.717) is 23.5 Å². The average Bonchev–Trinajstić information content (AvgIpc) is 2.16. The maximum Gasteiger partial charge on any atom is 0.0615 e. The predicted molar refractivity (Wildman–Crippen MR) is 68.8 cm³/mol. The van der Waals surface area contributed by atoms with E-state index in [4.69, 9.17) is 4.74 Å². The van der Waals surface area contributed by atoms with Gasteiger partial charge in [-0.2, -0.15) is 0 Å². The summed E-state index contributed by atoms with van der Waals surface area (Å²) in [5.74, 6) is 0. The van der Waals surface area contributed by atoms with Gasteiger partial charge in [0.25, 0.3) is 0 Å². The molecular formula is C13H28N2O. The highest BCUT2D eigenvalue weighted by molar-refractivity contribution is 4.93. The van der Waals surface area contributed by atoms with Crippen LogP contribution >= 0.6 is 0 Å². The van der Waals surface area contributed by atoms with Gasteiger partial charge < -0.3 is 10.1 Å². The fourth-order valence-corrected chi connectivity index (χ4v) is 2.57. The molecule has 1 aliphatic heterocycles. The van der Waals surface area contributed by atoms with Crippen molar-refractivity contribution in [3.05, 3.63) is 0 Å². The van der Waals surface area contributed by atoms with Crippen LogP contribution in [0.4, 0.5) is 0 Å². The van der Waals surface area contributed by atoms with Gasteiger partial charge in [0.15, 0.2) is 0 Å². The van der Waals surface area contributed by atoms with Crippen LogP contribution in [0.25, 0.3) is 0 Å². The minimum Gasteiger partial charge on any atom is -0.383 e. The molecular weight excluding hydrogens is 200 g/mol. The largest absolute Gasteiger partial charge is 0.383 e. The molecule has 0 aromatic carbocycles. The first-order valence-electron chi connectivity index (χ1n) is 6.34. The standard InChI is InChI=1S/C13H28N2O/c1-10-8-15(11(2)9-16-6)12(7-14-10)13(3,4)5/h10-12,14H,7-9H2,1-6H3. The molecule has 1 saturated heterocycles. The lowest BCUT2D eigenvalue weighted by Crippen LogP contribution is -2.62. The molecule has 1 N–H and O–H groups in total. The minimum absolute atomic E-state index is 0.315. The maximum atomic E-state index is 5.29. The zero-order valence-electron chi connectivity index (χ0n) is 11.7. The van der Waals surface area contributed by atoms with E-state index in [1.54, 1.807) is 7.11 Å².